The highest BCUT2D eigenvalue weighted by Gasteiger charge is 2.41. The average molecular weight is 283 g/mol. The molecule has 1 aliphatic rings. The Bertz CT molecular complexity index is 385. The highest BCUT2D eigenvalue weighted by atomic mass is 79.9. The summed E-state index contributed by atoms with van der Waals surface area (Å²) in [5.41, 5.74) is 0.279. The van der Waals surface area contributed by atoms with Crippen molar-refractivity contribution in [2.45, 2.75) is 31.3 Å². The molecule has 3 heteroatoms. The van der Waals surface area contributed by atoms with Gasteiger partial charge in [0.05, 0.1) is 0 Å². The largest absolute Gasteiger partial charge is 0.366 e. The second-order valence-electron chi connectivity index (χ2n) is 4.17. The van der Waals surface area contributed by atoms with Gasteiger partial charge in [-0.15, -0.1) is 0 Å². The molecule has 0 spiro atoms. The van der Waals surface area contributed by atoms with E-state index in [4.69, 9.17) is 4.74 Å². The molecular formula is C13H15BrO2. The van der Waals surface area contributed by atoms with Gasteiger partial charge in [-0.05, 0) is 37.0 Å². The van der Waals surface area contributed by atoms with Gasteiger partial charge in [-0.25, -0.2) is 0 Å². The summed E-state index contributed by atoms with van der Waals surface area (Å²) in [7, 11) is 1.63. The quantitative estimate of drug-likeness (QED) is 0.831. The van der Waals surface area contributed by atoms with Gasteiger partial charge in [-0.3, -0.25) is 4.79 Å². The zero-order valence-corrected chi connectivity index (χ0v) is 10.9. The first-order valence-electron chi connectivity index (χ1n) is 5.53. The SMILES string of the molecule is COC1(c2ccc(Br)cc2)CCCCC1=O. The van der Waals surface area contributed by atoms with E-state index in [1.807, 2.05) is 24.3 Å². The summed E-state index contributed by atoms with van der Waals surface area (Å²) in [4.78, 5) is 12.1. The van der Waals surface area contributed by atoms with Crippen LogP contribution in [0.1, 0.15) is 31.2 Å². The first-order chi connectivity index (χ1) is 7.69. The maximum atomic E-state index is 12.1. The van der Waals surface area contributed by atoms with Gasteiger partial charge in [-0.2, -0.15) is 0 Å². The van der Waals surface area contributed by atoms with Crippen LogP contribution in [0.3, 0.4) is 0 Å². The van der Waals surface area contributed by atoms with Crippen molar-refractivity contribution in [2.75, 3.05) is 7.11 Å². The van der Waals surface area contributed by atoms with Gasteiger partial charge >= 0.3 is 0 Å². The van der Waals surface area contributed by atoms with Crippen LogP contribution in [-0.2, 0) is 15.1 Å². The van der Waals surface area contributed by atoms with E-state index in [2.05, 4.69) is 15.9 Å². The average Bonchev–Trinajstić information content (AvgIpc) is 2.31. The topological polar surface area (TPSA) is 26.3 Å². The molecule has 1 unspecified atom stereocenters. The van der Waals surface area contributed by atoms with Crippen LogP contribution in [0.25, 0.3) is 0 Å². The summed E-state index contributed by atoms with van der Waals surface area (Å²) >= 11 is 3.40. The number of Topliss-reactive ketones (excluding diaryl/α,β-unsaturated/α-hetero) is 1. The molecule has 86 valence electrons. The number of ether oxygens (including phenoxy) is 1. The van der Waals surface area contributed by atoms with Crippen molar-refractivity contribution in [3.63, 3.8) is 0 Å². The van der Waals surface area contributed by atoms with E-state index >= 15 is 0 Å². The van der Waals surface area contributed by atoms with Crippen molar-refractivity contribution in [1.82, 2.24) is 0 Å². The number of carbonyl (C=O) groups excluding carboxylic acids is 1. The lowest BCUT2D eigenvalue weighted by Gasteiger charge is -2.34. The van der Waals surface area contributed by atoms with Crippen LogP contribution in [0.4, 0.5) is 0 Å². The minimum absolute atomic E-state index is 0.212. The molecule has 1 atom stereocenters. The van der Waals surface area contributed by atoms with Gasteiger partial charge in [0.2, 0.25) is 0 Å². The van der Waals surface area contributed by atoms with E-state index in [-0.39, 0.29) is 5.78 Å². The van der Waals surface area contributed by atoms with Crippen LogP contribution in [0.15, 0.2) is 28.7 Å². The number of carbonyl (C=O) groups is 1. The zero-order valence-electron chi connectivity index (χ0n) is 9.33. The Morgan fingerprint density at radius 2 is 1.94 bits per heavy atom. The Kier molecular flexibility index (Phi) is 3.45. The highest BCUT2D eigenvalue weighted by Crippen LogP contribution is 2.37. The van der Waals surface area contributed by atoms with E-state index in [0.29, 0.717) is 6.42 Å². The van der Waals surface area contributed by atoms with E-state index in [1.165, 1.54) is 0 Å². The Hall–Kier alpha value is -0.670. The van der Waals surface area contributed by atoms with Crippen molar-refractivity contribution in [3.05, 3.63) is 34.3 Å². The van der Waals surface area contributed by atoms with E-state index in [0.717, 1.165) is 29.3 Å². The van der Waals surface area contributed by atoms with Gasteiger partial charge in [0, 0.05) is 18.0 Å². The molecule has 0 aromatic heterocycles. The van der Waals surface area contributed by atoms with Gasteiger partial charge in [0.15, 0.2) is 11.4 Å². The molecule has 0 radical (unpaired) electrons. The zero-order chi connectivity index (χ0) is 11.6. The molecule has 0 N–H and O–H groups in total. The number of methoxy groups -OCH3 is 1. The smallest absolute Gasteiger partial charge is 0.169 e. The standard InChI is InChI=1S/C13H15BrO2/c1-16-13(9-3-2-4-12(13)15)10-5-7-11(14)8-6-10/h5-8H,2-4,9H2,1H3. The van der Waals surface area contributed by atoms with Crippen LogP contribution in [0.5, 0.6) is 0 Å². The molecule has 1 aromatic carbocycles. The van der Waals surface area contributed by atoms with Crippen molar-refractivity contribution in [1.29, 1.82) is 0 Å². The molecule has 0 heterocycles. The predicted molar refractivity (Wildman–Crippen MR) is 66.3 cm³/mol. The van der Waals surface area contributed by atoms with Crippen molar-refractivity contribution < 1.29 is 9.53 Å². The Morgan fingerprint density at radius 3 is 2.50 bits per heavy atom. The monoisotopic (exact) mass is 282 g/mol. The summed E-state index contributed by atoms with van der Waals surface area (Å²) in [6.07, 6.45) is 3.46. The maximum absolute atomic E-state index is 12.1. The first kappa shape index (κ1) is 11.8. The van der Waals surface area contributed by atoms with Crippen LogP contribution in [0, 0.1) is 0 Å². The second kappa shape index (κ2) is 4.68. The summed E-state index contributed by atoms with van der Waals surface area (Å²) in [6, 6.07) is 7.85. The lowest BCUT2D eigenvalue weighted by Crippen LogP contribution is -2.40. The molecule has 1 aromatic rings. The molecule has 0 bridgehead atoms. The van der Waals surface area contributed by atoms with E-state index in [9.17, 15) is 4.79 Å². The lowest BCUT2D eigenvalue weighted by molar-refractivity contribution is -0.146. The molecule has 16 heavy (non-hydrogen) atoms. The number of hydrogen-bond donors (Lipinski definition) is 0. The van der Waals surface area contributed by atoms with Crippen molar-refractivity contribution >= 4 is 21.7 Å². The fourth-order valence-electron chi connectivity index (χ4n) is 2.36. The number of rotatable bonds is 2. The molecule has 0 saturated heterocycles. The maximum Gasteiger partial charge on any atom is 0.169 e. The Labute approximate surface area is 104 Å². The molecule has 0 aliphatic heterocycles. The molecule has 1 fully saturated rings. The number of ketones is 1. The molecule has 2 rings (SSSR count). The van der Waals surface area contributed by atoms with Crippen LogP contribution >= 0.6 is 15.9 Å². The van der Waals surface area contributed by atoms with Crippen molar-refractivity contribution in [2.24, 2.45) is 0 Å². The van der Waals surface area contributed by atoms with Gasteiger partial charge in [-0.1, -0.05) is 28.1 Å². The van der Waals surface area contributed by atoms with E-state index in [1.54, 1.807) is 7.11 Å². The number of halogens is 1. The fourth-order valence-corrected chi connectivity index (χ4v) is 2.62. The molecule has 0 amide bonds. The van der Waals surface area contributed by atoms with Gasteiger partial charge in [0.1, 0.15) is 0 Å². The lowest BCUT2D eigenvalue weighted by atomic mass is 9.78. The number of benzene rings is 1. The third-order valence-corrected chi connectivity index (χ3v) is 3.82. The van der Waals surface area contributed by atoms with E-state index < -0.39 is 5.60 Å². The van der Waals surface area contributed by atoms with Crippen LogP contribution in [0.2, 0.25) is 0 Å². The third-order valence-electron chi connectivity index (χ3n) is 3.29. The Morgan fingerprint density at radius 1 is 1.25 bits per heavy atom. The van der Waals surface area contributed by atoms with Crippen LogP contribution in [-0.4, -0.2) is 12.9 Å². The first-order valence-corrected chi connectivity index (χ1v) is 6.33. The predicted octanol–water partition coefficient (Wildman–Crippen LogP) is 3.43. The van der Waals surface area contributed by atoms with Crippen molar-refractivity contribution in [3.8, 4) is 0 Å². The normalized spacial score (nSPS) is 25.8. The minimum atomic E-state index is -0.695. The molecule has 2 nitrogen and oxygen atoms in total. The second-order valence-corrected chi connectivity index (χ2v) is 5.08. The molecule has 1 saturated carbocycles. The van der Waals surface area contributed by atoms with Gasteiger partial charge < -0.3 is 4.74 Å². The van der Waals surface area contributed by atoms with Gasteiger partial charge in [0.25, 0.3) is 0 Å². The molecular weight excluding hydrogens is 268 g/mol. The highest BCUT2D eigenvalue weighted by molar-refractivity contribution is 9.10. The molecule has 1 aliphatic carbocycles. The number of hydrogen-bond acceptors (Lipinski definition) is 2. The minimum Gasteiger partial charge on any atom is -0.366 e. The third kappa shape index (κ3) is 1.94. The Balaban J connectivity index is 2.40. The summed E-state index contributed by atoms with van der Waals surface area (Å²) in [6.45, 7) is 0. The fraction of sp³-hybridized carbons (Fsp3) is 0.462. The summed E-state index contributed by atoms with van der Waals surface area (Å²) in [5, 5.41) is 0. The van der Waals surface area contributed by atoms with Crippen LogP contribution < -0.4 is 0 Å². The summed E-state index contributed by atoms with van der Waals surface area (Å²) < 4.78 is 6.57. The summed E-state index contributed by atoms with van der Waals surface area (Å²) in [5.74, 6) is 0.212.